The molecule has 0 saturated heterocycles. The van der Waals surface area contributed by atoms with Crippen molar-refractivity contribution in [3.63, 3.8) is 0 Å². The first-order valence-electron chi connectivity index (χ1n) is 8.31. The van der Waals surface area contributed by atoms with Crippen LogP contribution in [0.15, 0.2) is 29.2 Å². The van der Waals surface area contributed by atoms with Crippen LogP contribution in [0.1, 0.15) is 40.8 Å². The third-order valence-electron chi connectivity index (χ3n) is 4.52. The van der Waals surface area contributed by atoms with E-state index < -0.39 is 0 Å². The minimum absolute atomic E-state index is 0.00355. The largest absolute Gasteiger partial charge is 0.311 e. The standard InChI is InChI=1S/C20H21N3O2/c1-6-18(24)16-7-11(2)19(13(4)22-16)15-9-14-10-21-12(3)8-17(14)23(5)20(15)25/h7-10H,6H2,1-5H3. The Kier molecular flexibility index (Phi) is 4.25. The summed E-state index contributed by atoms with van der Waals surface area (Å²) in [5.74, 6) is 0.00355. The molecule has 0 unspecified atom stereocenters. The summed E-state index contributed by atoms with van der Waals surface area (Å²) >= 11 is 0. The van der Waals surface area contributed by atoms with E-state index in [2.05, 4.69) is 9.97 Å². The number of ketones is 1. The van der Waals surface area contributed by atoms with E-state index >= 15 is 0 Å². The molecule has 0 bridgehead atoms. The predicted octanol–water partition coefficient (Wildman–Crippen LogP) is 3.51. The summed E-state index contributed by atoms with van der Waals surface area (Å²) in [4.78, 5) is 33.6. The van der Waals surface area contributed by atoms with E-state index in [1.165, 1.54) is 0 Å². The van der Waals surface area contributed by atoms with Gasteiger partial charge in [0, 0.05) is 47.6 Å². The number of Topliss-reactive ketones (excluding diaryl/α,β-unsaturated/α-hetero) is 1. The number of carbonyl (C=O) groups is 1. The van der Waals surface area contributed by atoms with Gasteiger partial charge in [-0.05, 0) is 44.5 Å². The van der Waals surface area contributed by atoms with Crippen molar-refractivity contribution >= 4 is 16.7 Å². The van der Waals surface area contributed by atoms with Gasteiger partial charge in [0.15, 0.2) is 5.78 Å². The Morgan fingerprint density at radius 2 is 1.88 bits per heavy atom. The number of pyridine rings is 3. The normalized spacial score (nSPS) is 11.1. The van der Waals surface area contributed by atoms with Crippen molar-refractivity contribution in [2.24, 2.45) is 7.05 Å². The molecule has 0 aromatic carbocycles. The molecule has 3 aromatic heterocycles. The number of aryl methyl sites for hydroxylation is 4. The van der Waals surface area contributed by atoms with Crippen molar-refractivity contribution in [3.8, 4) is 11.1 Å². The maximum Gasteiger partial charge on any atom is 0.258 e. The van der Waals surface area contributed by atoms with Crippen LogP contribution in [-0.4, -0.2) is 20.3 Å². The van der Waals surface area contributed by atoms with Crippen LogP contribution in [0, 0.1) is 20.8 Å². The Labute approximate surface area is 146 Å². The molecule has 3 aromatic rings. The molecule has 0 aliphatic heterocycles. The van der Waals surface area contributed by atoms with Crippen LogP contribution in [-0.2, 0) is 7.05 Å². The van der Waals surface area contributed by atoms with Gasteiger partial charge in [-0.2, -0.15) is 0 Å². The van der Waals surface area contributed by atoms with Gasteiger partial charge < -0.3 is 4.57 Å². The number of rotatable bonds is 3. The van der Waals surface area contributed by atoms with Gasteiger partial charge in [0.2, 0.25) is 0 Å². The second kappa shape index (κ2) is 6.24. The fourth-order valence-electron chi connectivity index (χ4n) is 3.21. The van der Waals surface area contributed by atoms with Crippen LogP contribution in [0.2, 0.25) is 0 Å². The zero-order valence-electron chi connectivity index (χ0n) is 15.2. The molecule has 3 rings (SSSR count). The lowest BCUT2D eigenvalue weighted by Gasteiger charge is -2.14. The van der Waals surface area contributed by atoms with Crippen molar-refractivity contribution in [2.45, 2.75) is 34.1 Å². The number of nitrogens with zero attached hydrogens (tertiary/aromatic N) is 3. The summed E-state index contributed by atoms with van der Waals surface area (Å²) < 4.78 is 1.64. The van der Waals surface area contributed by atoms with E-state index in [1.54, 1.807) is 23.9 Å². The Morgan fingerprint density at radius 3 is 2.52 bits per heavy atom. The lowest BCUT2D eigenvalue weighted by atomic mass is 9.97. The van der Waals surface area contributed by atoms with Gasteiger partial charge in [0.1, 0.15) is 5.69 Å². The van der Waals surface area contributed by atoms with E-state index in [4.69, 9.17) is 0 Å². The van der Waals surface area contributed by atoms with Crippen LogP contribution in [0.4, 0.5) is 0 Å². The second-order valence-electron chi connectivity index (χ2n) is 6.37. The molecule has 128 valence electrons. The lowest BCUT2D eigenvalue weighted by Crippen LogP contribution is -2.20. The van der Waals surface area contributed by atoms with Gasteiger partial charge in [0.05, 0.1) is 5.52 Å². The third kappa shape index (κ3) is 2.86. The molecule has 0 radical (unpaired) electrons. The molecule has 3 heterocycles. The molecule has 0 amide bonds. The molecule has 25 heavy (non-hydrogen) atoms. The van der Waals surface area contributed by atoms with Gasteiger partial charge in [-0.25, -0.2) is 4.98 Å². The van der Waals surface area contributed by atoms with Crippen molar-refractivity contribution in [2.75, 3.05) is 0 Å². The lowest BCUT2D eigenvalue weighted by molar-refractivity contribution is 0.0983. The predicted molar refractivity (Wildman–Crippen MR) is 99.0 cm³/mol. The SMILES string of the molecule is CCC(=O)c1cc(C)c(-c2cc3cnc(C)cc3n(C)c2=O)c(C)n1. The first kappa shape index (κ1) is 17.0. The highest BCUT2D eigenvalue weighted by atomic mass is 16.1. The highest BCUT2D eigenvalue weighted by Gasteiger charge is 2.17. The molecule has 0 aliphatic carbocycles. The van der Waals surface area contributed by atoms with E-state index in [0.717, 1.165) is 27.7 Å². The number of carbonyl (C=O) groups excluding carboxylic acids is 1. The number of fused-ring (bicyclic) bond motifs is 1. The van der Waals surface area contributed by atoms with Crippen LogP contribution in [0.5, 0.6) is 0 Å². The van der Waals surface area contributed by atoms with Gasteiger partial charge >= 0.3 is 0 Å². The van der Waals surface area contributed by atoms with Crippen LogP contribution < -0.4 is 5.56 Å². The summed E-state index contributed by atoms with van der Waals surface area (Å²) in [6, 6.07) is 5.54. The first-order chi connectivity index (χ1) is 11.8. The molecule has 0 fully saturated rings. The molecule has 0 saturated carbocycles. The maximum atomic E-state index is 12.9. The Morgan fingerprint density at radius 1 is 1.16 bits per heavy atom. The molecule has 5 nitrogen and oxygen atoms in total. The minimum Gasteiger partial charge on any atom is -0.311 e. The van der Waals surface area contributed by atoms with Gasteiger partial charge in [-0.3, -0.25) is 14.6 Å². The number of aromatic nitrogens is 3. The van der Waals surface area contributed by atoms with Crippen molar-refractivity contribution in [3.05, 3.63) is 57.4 Å². The molecule has 0 N–H and O–H groups in total. The fourth-order valence-corrected chi connectivity index (χ4v) is 3.21. The van der Waals surface area contributed by atoms with E-state index in [0.29, 0.717) is 23.4 Å². The van der Waals surface area contributed by atoms with E-state index in [1.807, 2.05) is 39.8 Å². The van der Waals surface area contributed by atoms with E-state index in [9.17, 15) is 9.59 Å². The summed E-state index contributed by atoms with van der Waals surface area (Å²) in [7, 11) is 1.76. The second-order valence-corrected chi connectivity index (χ2v) is 6.37. The van der Waals surface area contributed by atoms with Crippen LogP contribution >= 0.6 is 0 Å². The molecule has 0 atom stereocenters. The van der Waals surface area contributed by atoms with Gasteiger partial charge in [-0.15, -0.1) is 0 Å². The van der Waals surface area contributed by atoms with Crippen molar-refractivity contribution in [1.29, 1.82) is 0 Å². The molecule has 0 aliphatic rings. The monoisotopic (exact) mass is 335 g/mol. The summed E-state index contributed by atoms with van der Waals surface area (Å²) in [6.45, 7) is 7.47. The summed E-state index contributed by atoms with van der Waals surface area (Å²) in [5, 5.41) is 0.898. The Bertz CT molecular complexity index is 1040. The number of hydrogen-bond acceptors (Lipinski definition) is 4. The van der Waals surface area contributed by atoms with Crippen LogP contribution in [0.25, 0.3) is 22.0 Å². The average Bonchev–Trinajstić information content (AvgIpc) is 2.58. The molecular weight excluding hydrogens is 314 g/mol. The topological polar surface area (TPSA) is 64.8 Å². The minimum atomic E-state index is -0.0827. The molecular formula is C20H21N3O2. The maximum absolute atomic E-state index is 12.9. The van der Waals surface area contributed by atoms with Gasteiger partial charge in [-0.1, -0.05) is 6.92 Å². The zero-order valence-corrected chi connectivity index (χ0v) is 15.2. The van der Waals surface area contributed by atoms with Gasteiger partial charge in [0.25, 0.3) is 5.56 Å². The smallest absolute Gasteiger partial charge is 0.258 e. The molecule has 5 heteroatoms. The quantitative estimate of drug-likeness (QED) is 0.687. The summed E-state index contributed by atoms with van der Waals surface area (Å²) in [5.41, 5.74) is 5.02. The average molecular weight is 335 g/mol. The van der Waals surface area contributed by atoms with Crippen LogP contribution in [0.3, 0.4) is 0 Å². The number of hydrogen-bond donors (Lipinski definition) is 0. The molecule has 0 spiro atoms. The fraction of sp³-hybridized carbons (Fsp3) is 0.300. The zero-order chi connectivity index (χ0) is 18.3. The summed E-state index contributed by atoms with van der Waals surface area (Å²) in [6.07, 6.45) is 2.19. The van der Waals surface area contributed by atoms with E-state index in [-0.39, 0.29) is 11.3 Å². The first-order valence-corrected chi connectivity index (χ1v) is 8.31. The third-order valence-corrected chi connectivity index (χ3v) is 4.52. The Balaban J connectivity index is 2.30. The Hall–Kier alpha value is -2.82. The van der Waals surface area contributed by atoms with Crippen molar-refractivity contribution < 1.29 is 4.79 Å². The van der Waals surface area contributed by atoms with Crippen molar-refractivity contribution in [1.82, 2.24) is 14.5 Å². The highest BCUT2D eigenvalue weighted by molar-refractivity contribution is 5.95. The highest BCUT2D eigenvalue weighted by Crippen LogP contribution is 2.27.